The number of aliphatic hydroxyl groups is 1. The third-order valence-corrected chi connectivity index (χ3v) is 9.93. The van der Waals surface area contributed by atoms with E-state index in [1.54, 1.807) is 18.9 Å². The molecule has 8 heteroatoms. The van der Waals surface area contributed by atoms with Gasteiger partial charge >= 0.3 is 6.03 Å². The number of nitrogens with one attached hydrogen (secondary N) is 2. The van der Waals surface area contributed by atoms with E-state index in [-0.39, 0.29) is 30.8 Å². The summed E-state index contributed by atoms with van der Waals surface area (Å²) in [5.41, 5.74) is 7.04. The molecule has 1 aliphatic heterocycles. The highest BCUT2D eigenvalue weighted by atomic mass is 32.2. The molecule has 0 saturated carbocycles. The Balaban J connectivity index is 1.14. The first-order valence-corrected chi connectivity index (χ1v) is 17.5. The average molecular weight is 675 g/mol. The molecule has 5 aromatic rings. The summed E-state index contributed by atoms with van der Waals surface area (Å²) in [6, 6.07) is 42.1. The van der Waals surface area contributed by atoms with Crippen LogP contribution in [0, 0.1) is 5.92 Å². The number of aliphatic hydroxyl groups excluding tert-OH is 1. The Morgan fingerprint density at radius 2 is 1.41 bits per heavy atom. The van der Waals surface area contributed by atoms with Gasteiger partial charge in [-0.2, -0.15) is 0 Å². The van der Waals surface area contributed by atoms with Crippen molar-refractivity contribution in [3.63, 3.8) is 0 Å². The Morgan fingerprint density at radius 1 is 0.735 bits per heavy atom. The SMILES string of the molecule is COc1ccccc1SC[C@@H]1O[C@H](c2ccc(-c3cccc(CNC(=O)NCc4ccccc4)c3)cc2)O[C@H](c2ccc(CO)cc2)[C@@H]1C. The summed E-state index contributed by atoms with van der Waals surface area (Å²) in [6.45, 7) is 3.07. The van der Waals surface area contributed by atoms with Crippen LogP contribution in [0.5, 0.6) is 5.75 Å². The lowest BCUT2D eigenvalue weighted by Gasteiger charge is -2.41. The lowest BCUT2D eigenvalue weighted by atomic mass is 9.91. The Hall–Kier alpha value is -4.60. The predicted molar refractivity (Wildman–Crippen MR) is 194 cm³/mol. The third-order valence-electron chi connectivity index (χ3n) is 8.79. The highest BCUT2D eigenvalue weighted by molar-refractivity contribution is 7.99. The van der Waals surface area contributed by atoms with Gasteiger partial charge in [0.2, 0.25) is 0 Å². The van der Waals surface area contributed by atoms with Crippen LogP contribution in [0.15, 0.2) is 132 Å². The van der Waals surface area contributed by atoms with Crippen molar-refractivity contribution in [2.75, 3.05) is 12.9 Å². The van der Waals surface area contributed by atoms with Crippen LogP contribution in [0.3, 0.4) is 0 Å². The van der Waals surface area contributed by atoms with Gasteiger partial charge in [0, 0.05) is 35.2 Å². The highest BCUT2D eigenvalue weighted by Crippen LogP contribution is 2.44. The van der Waals surface area contributed by atoms with Crippen molar-refractivity contribution >= 4 is 17.8 Å². The Kier molecular flexibility index (Phi) is 11.7. The summed E-state index contributed by atoms with van der Waals surface area (Å²) in [4.78, 5) is 13.5. The van der Waals surface area contributed by atoms with Gasteiger partial charge in [-0.15, -0.1) is 11.8 Å². The van der Waals surface area contributed by atoms with Crippen LogP contribution in [0.4, 0.5) is 4.79 Å². The second kappa shape index (κ2) is 16.7. The number of methoxy groups -OCH3 is 1. The molecule has 49 heavy (non-hydrogen) atoms. The zero-order chi connectivity index (χ0) is 34.0. The monoisotopic (exact) mass is 674 g/mol. The van der Waals surface area contributed by atoms with E-state index in [4.69, 9.17) is 14.2 Å². The lowest BCUT2D eigenvalue weighted by Crippen LogP contribution is -2.38. The molecule has 4 atom stereocenters. The largest absolute Gasteiger partial charge is 0.496 e. The maximum absolute atomic E-state index is 12.4. The van der Waals surface area contributed by atoms with E-state index in [0.717, 1.165) is 55.3 Å². The number of hydrogen-bond donors (Lipinski definition) is 3. The van der Waals surface area contributed by atoms with E-state index in [9.17, 15) is 9.90 Å². The number of ether oxygens (including phenoxy) is 3. The minimum absolute atomic E-state index is 0.00111. The van der Waals surface area contributed by atoms with Gasteiger partial charge in [0.15, 0.2) is 6.29 Å². The molecule has 0 spiro atoms. The number of rotatable bonds is 12. The molecule has 0 bridgehead atoms. The number of urea groups is 1. The summed E-state index contributed by atoms with van der Waals surface area (Å²) in [7, 11) is 1.69. The molecule has 1 aliphatic rings. The first-order valence-electron chi connectivity index (χ1n) is 16.5. The normalized spacial score (nSPS) is 18.8. The fourth-order valence-electron chi connectivity index (χ4n) is 5.94. The molecule has 1 heterocycles. The van der Waals surface area contributed by atoms with Gasteiger partial charge in [-0.25, -0.2) is 4.79 Å². The first kappa shape index (κ1) is 34.3. The van der Waals surface area contributed by atoms with Crippen LogP contribution < -0.4 is 15.4 Å². The highest BCUT2D eigenvalue weighted by Gasteiger charge is 2.38. The minimum atomic E-state index is -0.555. The average Bonchev–Trinajstić information content (AvgIpc) is 3.16. The van der Waals surface area contributed by atoms with Crippen molar-refractivity contribution < 1.29 is 24.1 Å². The molecular formula is C41H42N2O5S. The second-order valence-electron chi connectivity index (χ2n) is 12.1. The zero-order valence-corrected chi connectivity index (χ0v) is 28.6. The fourth-order valence-corrected chi connectivity index (χ4v) is 7.13. The number of thioether (sulfide) groups is 1. The predicted octanol–water partition coefficient (Wildman–Crippen LogP) is 8.44. The van der Waals surface area contributed by atoms with Gasteiger partial charge in [-0.1, -0.05) is 116 Å². The molecule has 5 aromatic carbocycles. The molecule has 0 radical (unpaired) electrons. The zero-order valence-electron chi connectivity index (χ0n) is 27.8. The van der Waals surface area contributed by atoms with Gasteiger partial charge in [0.05, 0.1) is 25.9 Å². The van der Waals surface area contributed by atoms with Crippen LogP contribution >= 0.6 is 11.8 Å². The van der Waals surface area contributed by atoms with Crippen molar-refractivity contribution in [2.45, 2.75) is 50.0 Å². The number of benzene rings is 5. The first-order chi connectivity index (χ1) is 24.0. The van der Waals surface area contributed by atoms with Crippen molar-refractivity contribution in [1.82, 2.24) is 10.6 Å². The van der Waals surface area contributed by atoms with E-state index in [0.29, 0.717) is 13.1 Å². The van der Waals surface area contributed by atoms with E-state index in [2.05, 4.69) is 60.0 Å². The molecule has 2 amide bonds. The Labute approximate surface area is 292 Å². The van der Waals surface area contributed by atoms with Crippen molar-refractivity contribution in [1.29, 1.82) is 0 Å². The van der Waals surface area contributed by atoms with Gasteiger partial charge in [-0.05, 0) is 51.6 Å². The van der Waals surface area contributed by atoms with Crippen LogP contribution in [0.1, 0.15) is 47.1 Å². The Bertz CT molecular complexity index is 1800. The Morgan fingerprint density at radius 3 is 2.14 bits per heavy atom. The van der Waals surface area contributed by atoms with E-state index in [1.807, 2.05) is 84.9 Å². The molecule has 3 N–H and O–H groups in total. The van der Waals surface area contributed by atoms with Crippen LogP contribution in [-0.2, 0) is 29.2 Å². The molecule has 1 saturated heterocycles. The van der Waals surface area contributed by atoms with E-state index in [1.165, 1.54) is 0 Å². The molecule has 1 fully saturated rings. The van der Waals surface area contributed by atoms with E-state index >= 15 is 0 Å². The maximum Gasteiger partial charge on any atom is 0.315 e. The van der Waals surface area contributed by atoms with Gasteiger partial charge < -0.3 is 30.0 Å². The van der Waals surface area contributed by atoms with Crippen molar-refractivity contribution in [3.8, 4) is 16.9 Å². The van der Waals surface area contributed by atoms with Gasteiger partial charge in [-0.3, -0.25) is 0 Å². The topological polar surface area (TPSA) is 89.1 Å². The third kappa shape index (κ3) is 8.90. The standard InChI is InChI=1S/C41H42N2O5S/c1-28-37(27-49-38-14-7-6-13-36(38)46-2)47-40(48-39(28)33-17-15-30(26-44)16-18-33)34-21-19-32(20-22-34)35-12-8-11-31(23-35)25-43-41(45)42-24-29-9-4-3-5-10-29/h3-23,28,37,39-40,44H,24-27H2,1-2H3,(H2,42,43,45)/t28-,37+,39+,40+/m1/s1. The van der Waals surface area contributed by atoms with Crippen molar-refractivity contribution in [2.24, 2.45) is 5.92 Å². The summed E-state index contributed by atoms with van der Waals surface area (Å²) in [5.74, 6) is 1.66. The summed E-state index contributed by atoms with van der Waals surface area (Å²) in [5, 5.41) is 15.4. The molecule has 252 valence electrons. The quantitative estimate of drug-likeness (QED) is 0.115. The molecule has 0 aromatic heterocycles. The number of hydrogen-bond acceptors (Lipinski definition) is 6. The number of carbonyl (C=O) groups excluding carboxylic acids is 1. The maximum atomic E-state index is 12.4. The molecule has 6 rings (SSSR count). The number of para-hydroxylation sites is 1. The fraction of sp³-hybridized carbons (Fsp3) is 0.244. The van der Waals surface area contributed by atoms with Crippen LogP contribution in [0.2, 0.25) is 0 Å². The molecule has 7 nitrogen and oxygen atoms in total. The van der Waals surface area contributed by atoms with Gasteiger partial charge in [0.25, 0.3) is 0 Å². The molecule has 0 unspecified atom stereocenters. The van der Waals surface area contributed by atoms with Crippen LogP contribution in [-0.4, -0.2) is 30.1 Å². The summed E-state index contributed by atoms with van der Waals surface area (Å²) in [6.07, 6.45) is -0.839. The molecular weight excluding hydrogens is 633 g/mol. The smallest absolute Gasteiger partial charge is 0.315 e. The lowest BCUT2D eigenvalue weighted by molar-refractivity contribution is -0.268. The summed E-state index contributed by atoms with van der Waals surface area (Å²) >= 11 is 1.72. The second-order valence-corrected chi connectivity index (χ2v) is 13.2. The number of carbonyl (C=O) groups is 1. The van der Waals surface area contributed by atoms with Gasteiger partial charge in [0.1, 0.15) is 5.75 Å². The summed E-state index contributed by atoms with van der Waals surface area (Å²) < 4.78 is 18.9. The van der Waals surface area contributed by atoms with E-state index < -0.39 is 6.29 Å². The van der Waals surface area contributed by atoms with Crippen molar-refractivity contribution in [3.05, 3.63) is 155 Å². The molecule has 0 aliphatic carbocycles. The van der Waals surface area contributed by atoms with Crippen LogP contribution in [0.25, 0.3) is 11.1 Å². The minimum Gasteiger partial charge on any atom is -0.496 e. The number of amides is 2.